The SMILES string of the molecule is Cc1c(Br)cc(F)c2ncc(N)c(N)c12. The van der Waals surface area contributed by atoms with Crippen LogP contribution in [0.1, 0.15) is 5.56 Å². The first-order chi connectivity index (χ1) is 7.02. The highest BCUT2D eigenvalue weighted by Gasteiger charge is 2.12. The number of benzene rings is 1. The average molecular weight is 270 g/mol. The highest BCUT2D eigenvalue weighted by atomic mass is 79.9. The lowest BCUT2D eigenvalue weighted by molar-refractivity contribution is 0.635. The Morgan fingerprint density at radius 2 is 2.07 bits per heavy atom. The van der Waals surface area contributed by atoms with E-state index in [0.29, 0.717) is 21.2 Å². The summed E-state index contributed by atoms with van der Waals surface area (Å²) in [5.74, 6) is -0.408. The molecule has 0 spiro atoms. The van der Waals surface area contributed by atoms with E-state index in [1.54, 1.807) is 0 Å². The molecule has 3 nitrogen and oxygen atoms in total. The van der Waals surface area contributed by atoms with Crippen molar-refractivity contribution in [3.05, 3.63) is 28.1 Å². The molecule has 5 heteroatoms. The molecule has 0 radical (unpaired) electrons. The maximum Gasteiger partial charge on any atom is 0.150 e. The van der Waals surface area contributed by atoms with Gasteiger partial charge in [0, 0.05) is 9.86 Å². The maximum atomic E-state index is 13.5. The lowest BCUT2D eigenvalue weighted by Crippen LogP contribution is -2.00. The number of anilines is 2. The van der Waals surface area contributed by atoms with Crippen molar-refractivity contribution in [3.63, 3.8) is 0 Å². The van der Waals surface area contributed by atoms with Gasteiger partial charge in [0.05, 0.1) is 17.6 Å². The summed E-state index contributed by atoms with van der Waals surface area (Å²) in [4.78, 5) is 3.94. The van der Waals surface area contributed by atoms with Crippen LogP contribution in [0.4, 0.5) is 15.8 Å². The van der Waals surface area contributed by atoms with Gasteiger partial charge in [0.15, 0.2) is 5.82 Å². The number of pyridine rings is 1. The Morgan fingerprint density at radius 3 is 2.73 bits per heavy atom. The normalized spacial score (nSPS) is 10.9. The summed E-state index contributed by atoms with van der Waals surface area (Å²) in [7, 11) is 0. The predicted molar refractivity (Wildman–Crippen MR) is 63.0 cm³/mol. The Bertz CT molecular complexity index is 546. The van der Waals surface area contributed by atoms with Crippen molar-refractivity contribution in [3.8, 4) is 0 Å². The summed E-state index contributed by atoms with van der Waals surface area (Å²) in [5.41, 5.74) is 13.3. The first kappa shape index (κ1) is 10.2. The Balaban J connectivity index is 3.04. The summed E-state index contributed by atoms with van der Waals surface area (Å²) in [6.45, 7) is 1.84. The minimum atomic E-state index is -0.408. The molecule has 0 amide bonds. The van der Waals surface area contributed by atoms with Gasteiger partial charge < -0.3 is 11.5 Å². The van der Waals surface area contributed by atoms with Crippen LogP contribution in [-0.4, -0.2) is 4.98 Å². The first-order valence-corrected chi connectivity index (χ1v) is 5.10. The van der Waals surface area contributed by atoms with Gasteiger partial charge in [-0.1, -0.05) is 15.9 Å². The number of nitrogen functional groups attached to an aromatic ring is 2. The second kappa shape index (κ2) is 3.34. The van der Waals surface area contributed by atoms with Crippen LogP contribution in [0.5, 0.6) is 0 Å². The lowest BCUT2D eigenvalue weighted by Gasteiger charge is -2.09. The average Bonchev–Trinajstić information content (AvgIpc) is 2.19. The van der Waals surface area contributed by atoms with E-state index in [9.17, 15) is 4.39 Å². The van der Waals surface area contributed by atoms with Crippen LogP contribution < -0.4 is 11.5 Å². The van der Waals surface area contributed by atoms with Crippen molar-refractivity contribution in [2.24, 2.45) is 0 Å². The summed E-state index contributed by atoms with van der Waals surface area (Å²) in [5, 5.41) is 0.571. The molecule has 0 bridgehead atoms. The number of aromatic nitrogens is 1. The zero-order chi connectivity index (χ0) is 11.2. The van der Waals surface area contributed by atoms with Gasteiger partial charge >= 0.3 is 0 Å². The van der Waals surface area contributed by atoms with Gasteiger partial charge in [0.2, 0.25) is 0 Å². The highest BCUT2D eigenvalue weighted by Crippen LogP contribution is 2.33. The molecule has 0 aliphatic rings. The van der Waals surface area contributed by atoms with Crippen molar-refractivity contribution in [1.82, 2.24) is 4.98 Å². The minimum absolute atomic E-state index is 0.252. The van der Waals surface area contributed by atoms with E-state index in [1.807, 2.05) is 6.92 Å². The fourth-order valence-electron chi connectivity index (χ4n) is 1.51. The number of nitrogens with two attached hydrogens (primary N) is 2. The number of hydrogen-bond acceptors (Lipinski definition) is 3. The van der Waals surface area contributed by atoms with Crippen molar-refractivity contribution in [2.75, 3.05) is 11.5 Å². The molecule has 1 heterocycles. The number of rotatable bonds is 0. The van der Waals surface area contributed by atoms with E-state index >= 15 is 0 Å². The fraction of sp³-hybridized carbons (Fsp3) is 0.100. The molecule has 15 heavy (non-hydrogen) atoms. The smallest absolute Gasteiger partial charge is 0.150 e. The van der Waals surface area contributed by atoms with Gasteiger partial charge in [-0.2, -0.15) is 0 Å². The molecule has 4 N–H and O–H groups in total. The summed E-state index contributed by atoms with van der Waals surface area (Å²) in [6, 6.07) is 1.38. The predicted octanol–water partition coefficient (Wildman–Crippen LogP) is 2.61. The van der Waals surface area contributed by atoms with Crippen LogP contribution in [0.2, 0.25) is 0 Å². The van der Waals surface area contributed by atoms with Gasteiger partial charge in [-0.05, 0) is 18.6 Å². The molecule has 0 saturated heterocycles. The minimum Gasteiger partial charge on any atom is -0.396 e. The molecule has 78 valence electrons. The fourth-order valence-corrected chi connectivity index (χ4v) is 1.91. The van der Waals surface area contributed by atoms with Crippen LogP contribution >= 0.6 is 15.9 Å². The highest BCUT2D eigenvalue weighted by molar-refractivity contribution is 9.10. The summed E-state index contributed by atoms with van der Waals surface area (Å²) >= 11 is 3.26. The standard InChI is InChI=1S/C10H9BrFN3/c1-4-5(11)2-6(12)10-8(4)9(14)7(13)3-15-10/h2-3H,13H2,1H3,(H2,14,15). The second-order valence-electron chi connectivity index (χ2n) is 3.32. The van der Waals surface area contributed by atoms with Crippen LogP contribution in [0, 0.1) is 12.7 Å². The molecule has 0 aliphatic heterocycles. The molecule has 0 aliphatic carbocycles. The van der Waals surface area contributed by atoms with Crippen molar-refractivity contribution >= 4 is 38.2 Å². The number of hydrogen-bond donors (Lipinski definition) is 2. The first-order valence-electron chi connectivity index (χ1n) is 4.30. The van der Waals surface area contributed by atoms with E-state index in [-0.39, 0.29) is 5.52 Å². The summed E-state index contributed by atoms with van der Waals surface area (Å²) in [6.07, 6.45) is 1.37. The third kappa shape index (κ3) is 1.43. The van der Waals surface area contributed by atoms with Crippen molar-refractivity contribution < 1.29 is 4.39 Å². The van der Waals surface area contributed by atoms with Gasteiger partial charge in [0.25, 0.3) is 0 Å². The molecule has 1 aromatic heterocycles. The molecule has 0 atom stereocenters. The van der Waals surface area contributed by atoms with Crippen LogP contribution in [-0.2, 0) is 0 Å². The third-order valence-electron chi connectivity index (χ3n) is 2.36. The zero-order valence-electron chi connectivity index (χ0n) is 8.01. The largest absolute Gasteiger partial charge is 0.396 e. The maximum absolute atomic E-state index is 13.5. The molecule has 1 aromatic carbocycles. The molecule has 0 fully saturated rings. The van der Waals surface area contributed by atoms with Crippen molar-refractivity contribution in [1.29, 1.82) is 0 Å². The summed E-state index contributed by atoms with van der Waals surface area (Å²) < 4.78 is 14.2. The Labute approximate surface area is 94.4 Å². The molecule has 0 saturated carbocycles. The Kier molecular flexibility index (Phi) is 2.26. The Morgan fingerprint density at radius 1 is 1.40 bits per heavy atom. The number of fused-ring (bicyclic) bond motifs is 1. The Hall–Kier alpha value is -1.36. The van der Waals surface area contributed by atoms with Gasteiger partial charge in [-0.15, -0.1) is 0 Å². The van der Waals surface area contributed by atoms with E-state index in [4.69, 9.17) is 11.5 Å². The number of nitrogens with zero attached hydrogens (tertiary/aromatic N) is 1. The van der Waals surface area contributed by atoms with Crippen LogP contribution in [0.3, 0.4) is 0 Å². The van der Waals surface area contributed by atoms with E-state index in [2.05, 4.69) is 20.9 Å². The van der Waals surface area contributed by atoms with Crippen LogP contribution in [0.15, 0.2) is 16.7 Å². The quantitative estimate of drug-likeness (QED) is 0.773. The topological polar surface area (TPSA) is 64.9 Å². The molecule has 2 rings (SSSR count). The van der Waals surface area contributed by atoms with Crippen molar-refractivity contribution in [2.45, 2.75) is 6.92 Å². The third-order valence-corrected chi connectivity index (χ3v) is 3.19. The second-order valence-corrected chi connectivity index (χ2v) is 4.17. The van der Waals surface area contributed by atoms with Gasteiger partial charge in [-0.25, -0.2) is 4.39 Å². The zero-order valence-corrected chi connectivity index (χ0v) is 9.60. The van der Waals surface area contributed by atoms with Gasteiger partial charge in [-0.3, -0.25) is 4.98 Å². The van der Waals surface area contributed by atoms with E-state index in [0.717, 1.165) is 5.56 Å². The monoisotopic (exact) mass is 269 g/mol. The van der Waals surface area contributed by atoms with E-state index in [1.165, 1.54) is 12.3 Å². The molecular formula is C10H9BrFN3. The van der Waals surface area contributed by atoms with Gasteiger partial charge in [0.1, 0.15) is 5.52 Å². The number of aryl methyl sites for hydroxylation is 1. The molecule has 0 unspecified atom stereocenters. The lowest BCUT2D eigenvalue weighted by atomic mass is 10.1. The van der Waals surface area contributed by atoms with Crippen LogP contribution in [0.25, 0.3) is 10.9 Å². The molecular weight excluding hydrogens is 261 g/mol. The van der Waals surface area contributed by atoms with E-state index < -0.39 is 5.82 Å². The molecule has 2 aromatic rings. The number of halogens is 2.